The van der Waals surface area contributed by atoms with Crippen LogP contribution in [0.1, 0.15) is 47.3 Å². The summed E-state index contributed by atoms with van der Waals surface area (Å²) in [6.07, 6.45) is 4.50. The largest absolute Gasteiger partial charge is 0.489 e. The quantitative estimate of drug-likeness (QED) is 0.621. The number of nitrogens with zero attached hydrogens (tertiary/aromatic N) is 2. The Morgan fingerprint density at radius 2 is 2.15 bits per heavy atom. The lowest BCUT2D eigenvalue weighted by molar-refractivity contribution is -0.128. The van der Waals surface area contributed by atoms with Crippen LogP contribution in [-0.2, 0) is 22.6 Å². The molecular formula is C27H37N3O4. The van der Waals surface area contributed by atoms with Crippen LogP contribution in [0.15, 0.2) is 30.6 Å². The minimum atomic E-state index is -0.690. The minimum absolute atomic E-state index is 0.0131. The molecular weight excluding hydrogens is 430 g/mol. The summed E-state index contributed by atoms with van der Waals surface area (Å²) in [5, 5.41) is 14.5. The molecule has 1 aliphatic heterocycles. The Balaban J connectivity index is 1.42. The summed E-state index contributed by atoms with van der Waals surface area (Å²) in [6, 6.07) is 5.95. The molecule has 2 heterocycles. The summed E-state index contributed by atoms with van der Waals surface area (Å²) in [6.45, 7) is 11.2. The zero-order valence-electron chi connectivity index (χ0n) is 20.5. The fraction of sp³-hybridized carbons (Fsp3) is 0.556. The predicted octanol–water partition coefficient (Wildman–Crippen LogP) is 2.96. The van der Waals surface area contributed by atoms with Crippen LogP contribution >= 0.6 is 0 Å². The molecule has 3 unspecified atom stereocenters. The highest BCUT2D eigenvalue weighted by Gasteiger charge is 2.37. The van der Waals surface area contributed by atoms with Crippen LogP contribution in [0.25, 0.3) is 0 Å². The van der Waals surface area contributed by atoms with Crippen LogP contribution in [0.2, 0.25) is 0 Å². The van der Waals surface area contributed by atoms with Gasteiger partial charge in [-0.05, 0) is 61.1 Å². The number of ether oxygens (including phenoxy) is 2. The Morgan fingerprint density at radius 1 is 1.35 bits per heavy atom. The zero-order valence-corrected chi connectivity index (χ0v) is 20.5. The van der Waals surface area contributed by atoms with E-state index in [1.165, 1.54) is 5.56 Å². The first-order valence-electron chi connectivity index (χ1n) is 12.4. The molecule has 0 bridgehead atoms. The van der Waals surface area contributed by atoms with E-state index in [1.54, 1.807) is 12.4 Å². The maximum atomic E-state index is 12.9. The van der Waals surface area contributed by atoms with Crippen molar-refractivity contribution in [1.82, 2.24) is 15.2 Å². The van der Waals surface area contributed by atoms with Crippen LogP contribution in [0.5, 0.6) is 5.75 Å². The van der Waals surface area contributed by atoms with Gasteiger partial charge in [0.15, 0.2) is 0 Å². The maximum absolute atomic E-state index is 12.9. The van der Waals surface area contributed by atoms with Crippen molar-refractivity contribution in [2.45, 2.75) is 46.3 Å². The number of benzene rings is 1. The van der Waals surface area contributed by atoms with Gasteiger partial charge >= 0.3 is 0 Å². The topological polar surface area (TPSA) is 83.9 Å². The lowest BCUT2D eigenvalue weighted by Crippen LogP contribution is -2.43. The van der Waals surface area contributed by atoms with Gasteiger partial charge in [-0.15, -0.1) is 0 Å². The number of rotatable bonds is 8. The van der Waals surface area contributed by atoms with Crippen LogP contribution < -0.4 is 10.1 Å². The third-order valence-electron chi connectivity index (χ3n) is 7.36. The summed E-state index contributed by atoms with van der Waals surface area (Å²) in [5.41, 5.74) is 5.21. The number of aryl methyl sites for hydroxylation is 1. The molecule has 2 aliphatic rings. The molecule has 4 rings (SSSR count). The first kappa shape index (κ1) is 24.6. The molecule has 2 aromatic rings. The molecule has 0 radical (unpaired) electrons. The van der Waals surface area contributed by atoms with Gasteiger partial charge in [0.1, 0.15) is 12.4 Å². The third kappa shape index (κ3) is 5.59. The second kappa shape index (κ2) is 11.3. The summed E-state index contributed by atoms with van der Waals surface area (Å²) in [7, 11) is 0. The van der Waals surface area contributed by atoms with Gasteiger partial charge in [0.2, 0.25) is 5.91 Å². The first-order valence-corrected chi connectivity index (χ1v) is 12.4. The average Bonchev–Trinajstić information content (AvgIpc) is 2.86. The number of hydrogen-bond acceptors (Lipinski definition) is 6. The van der Waals surface area contributed by atoms with E-state index in [2.05, 4.69) is 28.2 Å². The van der Waals surface area contributed by atoms with Gasteiger partial charge in [0, 0.05) is 56.0 Å². The number of morpholine rings is 1. The van der Waals surface area contributed by atoms with Gasteiger partial charge in [-0.1, -0.05) is 13.0 Å². The average molecular weight is 468 g/mol. The SMILES string of the molecule is Cc1cc(OCc2cccnc2)c(C)c2c1CCC(C(C)C(=O)NCCN1CCOCC1)C2O. The highest BCUT2D eigenvalue weighted by atomic mass is 16.5. The molecule has 1 aromatic carbocycles. The Hall–Kier alpha value is -2.48. The van der Waals surface area contributed by atoms with Crippen LogP contribution in [0, 0.1) is 25.7 Å². The minimum Gasteiger partial charge on any atom is -0.489 e. The Labute approximate surface area is 202 Å². The lowest BCUT2D eigenvalue weighted by Gasteiger charge is -2.36. The van der Waals surface area contributed by atoms with Crippen molar-refractivity contribution in [3.63, 3.8) is 0 Å². The number of amides is 1. The molecule has 1 saturated heterocycles. The van der Waals surface area contributed by atoms with Crippen LogP contribution in [0.4, 0.5) is 0 Å². The number of aliphatic hydroxyl groups excluding tert-OH is 1. The summed E-state index contributed by atoms with van der Waals surface area (Å²) in [5.74, 6) is 0.400. The fourth-order valence-electron chi connectivity index (χ4n) is 5.21. The van der Waals surface area contributed by atoms with Gasteiger partial charge in [-0.3, -0.25) is 14.7 Å². The number of fused-ring (bicyclic) bond motifs is 1. The number of pyridine rings is 1. The third-order valence-corrected chi connectivity index (χ3v) is 7.36. The lowest BCUT2D eigenvalue weighted by atomic mass is 9.72. The molecule has 184 valence electrons. The monoisotopic (exact) mass is 467 g/mol. The van der Waals surface area contributed by atoms with Gasteiger partial charge < -0.3 is 19.9 Å². The van der Waals surface area contributed by atoms with Crippen LogP contribution in [-0.4, -0.2) is 60.3 Å². The van der Waals surface area contributed by atoms with Crippen molar-refractivity contribution in [1.29, 1.82) is 0 Å². The Bertz CT molecular complexity index is 976. The second-order valence-electron chi connectivity index (χ2n) is 9.54. The molecule has 7 nitrogen and oxygen atoms in total. The van der Waals surface area contributed by atoms with Crippen molar-refractivity contribution >= 4 is 5.91 Å². The fourth-order valence-corrected chi connectivity index (χ4v) is 5.21. The highest BCUT2D eigenvalue weighted by Crippen LogP contribution is 2.44. The summed E-state index contributed by atoms with van der Waals surface area (Å²) >= 11 is 0. The number of aliphatic hydroxyl groups is 1. The number of aromatic nitrogens is 1. The Morgan fingerprint density at radius 3 is 2.88 bits per heavy atom. The predicted molar refractivity (Wildman–Crippen MR) is 131 cm³/mol. The van der Waals surface area contributed by atoms with E-state index in [4.69, 9.17) is 9.47 Å². The number of carbonyl (C=O) groups is 1. The van der Waals surface area contributed by atoms with Crippen molar-refractivity contribution < 1.29 is 19.4 Å². The van der Waals surface area contributed by atoms with Crippen molar-refractivity contribution in [3.05, 3.63) is 58.4 Å². The Kier molecular flexibility index (Phi) is 8.19. The number of nitrogens with one attached hydrogen (secondary N) is 1. The van der Waals surface area contributed by atoms with E-state index in [-0.39, 0.29) is 17.7 Å². The zero-order chi connectivity index (χ0) is 24.1. The number of hydrogen-bond donors (Lipinski definition) is 2. The molecule has 0 saturated carbocycles. The van der Waals surface area contributed by atoms with Gasteiger partial charge in [0.05, 0.1) is 19.3 Å². The first-order chi connectivity index (χ1) is 16.5. The van der Waals surface area contributed by atoms with E-state index in [1.807, 2.05) is 26.0 Å². The van der Waals surface area contributed by atoms with Gasteiger partial charge in [0.25, 0.3) is 0 Å². The van der Waals surface area contributed by atoms with Crippen molar-refractivity contribution in [3.8, 4) is 5.75 Å². The highest BCUT2D eigenvalue weighted by molar-refractivity contribution is 5.78. The molecule has 0 spiro atoms. The molecule has 1 aliphatic carbocycles. The van der Waals surface area contributed by atoms with Crippen LogP contribution in [0.3, 0.4) is 0 Å². The molecule has 1 amide bonds. The molecule has 1 fully saturated rings. The second-order valence-corrected chi connectivity index (χ2v) is 9.54. The van der Waals surface area contributed by atoms with E-state index in [9.17, 15) is 9.90 Å². The molecule has 7 heteroatoms. The molecule has 1 aromatic heterocycles. The van der Waals surface area contributed by atoms with Crippen molar-refractivity contribution in [2.24, 2.45) is 11.8 Å². The summed E-state index contributed by atoms with van der Waals surface area (Å²) in [4.78, 5) is 19.4. The molecule has 2 N–H and O–H groups in total. The van der Waals surface area contributed by atoms with Gasteiger partial charge in [-0.2, -0.15) is 0 Å². The van der Waals surface area contributed by atoms with Crippen molar-refractivity contribution in [2.75, 3.05) is 39.4 Å². The standard InChI is InChI=1S/C27H37N3O4/c1-18-15-24(34-17-21-5-4-8-28-16-21)20(3)25-22(18)6-7-23(26(25)31)19(2)27(32)29-9-10-30-11-13-33-14-12-30/h4-5,8,15-16,19,23,26,31H,6-7,9-14,17H2,1-3H3,(H,29,32). The maximum Gasteiger partial charge on any atom is 0.223 e. The smallest absolute Gasteiger partial charge is 0.223 e. The van der Waals surface area contributed by atoms with E-state index < -0.39 is 6.10 Å². The van der Waals surface area contributed by atoms with Gasteiger partial charge in [-0.25, -0.2) is 0 Å². The molecule has 3 atom stereocenters. The van der Waals surface area contributed by atoms with E-state index in [0.29, 0.717) is 13.2 Å². The normalized spacial score (nSPS) is 21.5. The van der Waals surface area contributed by atoms with E-state index >= 15 is 0 Å². The van der Waals surface area contributed by atoms with E-state index in [0.717, 1.165) is 73.7 Å². The number of carbonyl (C=O) groups excluding carboxylic acids is 1. The molecule has 34 heavy (non-hydrogen) atoms. The summed E-state index contributed by atoms with van der Waals surface area (Å²) < 4.78 is 11.5.